The van der Waals surface area contributed by atoms with Crippen LogP contribution in [0.25, 0.3) is 5.78 Å². The van der Waals surface area contributed by atoms with Crippen LogP contribution in [0.2, 0.25) is 0 Å². The molecule has 0 bridgehead atoms. The van der Waals surface area contributed by atoms with Gasteiger partial charge in [-0.3, -0.25) is 24.7 Å². The highest BCUT2D eigenvalue weighted by atomic mass is 19.4. The number of halogens is 3. The average Bonchev–Trinajstić information content (AvgIpc) is 2.99. The first kappa shape index (κ1) is 17.1. The number of hydrogen-bond donors (Lipinski definition) is 2. The first-order valence-corrected chi connectivity index (χ1v) is 6.78. The highest BCUT2D eigenvalue weighted by molar-refractivity contribution is 6.04. The summed E-state index contributed by atoms with van der Waals surface area (Å²) in [4.78, 5) is 38.9. The fourth-order valence-electron chi connectivity index (χ4n) is 2.02. The Hall–Kier alpha value is -3.77. The first-order valence-electron chi connectivity index (χ1n) is 6.78. The fraction of sp³-hybridized carbons (Fsp3) is 0.0769. The Morgan fingerprint density at radius 3 is 2.50 bits per heavy atom. The van der Waals surface area contributed by atoms with E-state index >= 15 is 0 Å². The van der Waals surface area contributed by atoms with Crippen molar-refractivity contribution in [2.24, 2.45) is 0 Å². The molecule has 0 saturated heterocycles. The molecule has 0 fully saturated rings. The van der Waals surface area contributed by atoms with Gasteiger partial charge in [0, 0.05) is 23.8 Å². The number of nitrogens with one attached hydrogen (secondary N) is 2. The molecule has 134 valence electrons. The second kappa shape index (κ2) is 5.94. The molecular weight excluding hydrogens is 361 g/mol. The van der Waals surface area contributed by atoms with Gasteiger partial charge in [0.1, 0.15) is 5.82 Å². The molecule has 2 aromatic heterocycles. The molecule has 26 heavy (non-hydrogen) atoms. The number of fused-ring (bicyclic) bond motifs is 1. The summed E-state index contributed by atoms with van der Waals surface area (Å²) in [7, 11) is 0. The smallest absolute Gasteiger partial charge is 0.306 e. The lowest BCUT2D eigenvalue weighted by molar-refractivity contribution is -0.384. The van der Waals surface area contributed by atoms with Gasteiger partial charge in [-0.2, -0.15) is 22.7 Å². The molecular formula is C13H7F3N6O4. The molecule has 1 amide bonds. The van der Waals surface area contributed by atoms with Crippen LogP contribution in [-0.4, -0.2) is 30.4 Å². The number of non-ortho nitro benzene ring substituents is 1. The van der Waals surface area contributed by atoms with E-state index in [1.807, 2.05) is 0 Å². The number of carbonyl (C=O) groups is 1. The number of aromatic amines is 1. The quantitative estimate of drug-likeness (QED) is 0.532. The normalized spacial score (nSPS) is 11.5. The largest absolute Gasteiger partial charge is 0.453 e. The Morgan fingerprint density at radius 2 is 1.92 bits per heavy atom. The third-order valence-electron chi connectivity index (χ3n) is 3.17. The standard InChI is InChI=1S/C13H7F3N6O4/c14-13(15,16)11-19-12-18-9(23)5-8(21(12)20-11)17-10(24)6-1-3-7(4-2-6)22(25)26/h1-5H,(H,17,24)(H,18,19,20,23). The van der Waals surface area contributed by atoms with E-state index in [1.54, 1.807) is 0 Å². The molecule has 0 atom stereocenters. The summed E-state index contributed by atoms with van der Waals surface area (Å²) >= 11 is 0. The summed E-state index contributed by atoms with van der Waals surface area (Å²) in [5.41, 5.74) is -1.07. The lowest BCUT2D eigenvalue weighted by Crippen LogP contribution is -2.18. The van der Waals surface area contributed by atoms with Crippen molar-refractivity contribution in [2.75, 3.05) is 5.32 Å². The molecule has 13 heteroatoms. The summed E-state index contributed by atoms with van der Waals surface area (Å²) in [5.74, 6) is -3.17. The molecule has 10 nitrogen and oxygen atoms in total. The topological polar surface area (TPSA) is 135 Å². The van der Waals surface area contributed by atoms with Gasteiger partial charge >= 0.3 is 6.18 Å². The van der Waals surface area contributed by atoms with Gasteiger partial charge in [0.05, 0.1) is 4.92 Å². The third kappa shape index (κ3) is 3.22. The number of nitro benzene ring substituents is 1. The summed E-state index contributed by atoms with van der Waals surface area (Å²) in [6, 6.07) is 5.30. The van der Waals surface area contributed by atoms with Gasteiger partial charge in [-0.25, -0.2) is 0 Å². The van der Waals surface area contributed by atoms with Gasteiger partial charge in [-0.1, -0.05) is 0 Å². The number of H-pyrrole nitrogens is 1. The molecule has 0 aliphatic heterocycles. The van der Waals surface area contributed by atoms with Crippen molar-refractivity contribution in [3.63, 3.8) is 0 Å². The molecule has 0 spiro atoms. The van der Waals surface area contributed by atoms with E-state index in [2.05, 4.69) is 20.4 Å². The fourth-order valence-corrected chi connectivity index (χ4v) is 2.02. The zero-order valence-electron chi connectivity index (χ0n) is 12.4. The Labute approximate surface area is 140 Å². The van der Waals surface area contributed by atoms with E-state index in [0.717, 1.165) is 30.3 Å². The van der Waals surface area contributed by atoms with Gasteiger partial charge in [0.15, 0.2) is 0 Å². The van der Waals surface area contributed by atoms with E-state index in [1.165, 1.54) is 0 Å². The second-order valence-corrected chi connectivity index (χ2v) is 4.95. The zero-order chi connectivity index (χ0) is 19.1. The summed E-state index contributed by atoms with van der Waals surface area (Å²) in [5, 5.41) is 16.0. The Kier molecular flexibility index (Phi) is 3.90. The minimum Gasteiger partial charge on any atom is -0.306 e. The van der Waals surface area contributed by atoms with E-state index in [9.17, 15) is 32.9 Å². The highest BCUT2D eigenvalue weighted by Gasteiger charge is 2.36. The Balaban J connectivity index is 1.97. The van der Waals surface area contributed by atoms with Gasteiger partial charge in [-0.15, -0.1) is 5.10 Å². The molecule has 0 aliphatic carbocycles. The van der Waals surface area contributed by atoms with Crippen LogP contribution < -0.4 is 10.9 Å². The molecule has 3 aromatic rings. The van der Waals surface area contributed by atoms with Crippen molar-refractivity contribution in [3.8, 4) is 0 Å². The van der Waals surface area contributed by atoms with Crippen molar-refractivity contribution in [1.82, 2.24) is 19.6 Å². The van der Waals surface area contributed by atoms with Crippen LogP contribution in [0.15, 0.2) is 35.1 Å². The van der Waals surface area contributed by atoms with Crippen LogP contribution >= 0.6 is 0 Å². The monoisotopic (exact) mass is 368 g/mol. The van der Waals surface area contributed by atoms with E-state index in [-0.39, 0.29) is 17.1 Å². The number of aromatic nitrogens is 4. The maximum Gasteiger partial charge on any atom is 0.453 e. The van der Waals surface area contributed by atoms with Gasteiger partial charge in [0.2, 0.25) is 5.78 Å². The lowest BCUT2D eigenvalue weighted by Gasteiger charge is -2.06. The number of rotatable bonds is 3. The number of benzene rings is 1. The van der Waals surface area contributed by atoms with Crippen molar-refractivity contribution in [1.29, 1.82) is 0 Å². The van der Waals surface area contributed by atoms with Gasteiger partial charge in [0.25, 0.3) is 23.0 Å². The average molecular weight is 368 g/mol. The number of nitro groups is 1. The predicted molar refractivity (Wildman–Crippen MR) is 79.7 cm³/mol. The second-order valence-electron chi connectivity index (χ2n) is 4.95. The molecule has 0 aliphatic rings. The summed E-state index contributed by atoms with van der Waals surface area (Å²) in [6.45, 7) is 0. The highest BCUT2D eigenvalue weighted by Crippen LogP contribution is 2.26. The minimum absolute atomic E-state index is 0.0137. The number of alkyl halides is 3. The third-order valence-corrected chi connectivity index (χ3v) is 3.17. The van der Waals surface area contributed by atoms with Crippen LogP contribution in [-0.2, 0) is 6.18 Å². The van der Waals surface area contributed by atoms with Crippen LogP contribution in [0.5, 0.6) is 0 Å². The lowest BCUT2D eigenvalue weighted by atomic mass is 10.2. The van der Waals surface area contributed by atoms with E-state index < -0.39 is 34.2 Å². The Morgan fingerprint density at radius 1 is 1.27 bits per heavy atom. The minimum atomic E-state index is -4.84. The van der Waals surface area contributed by atoms with Crippen molar-refractivity contribution >= 4 is 23.2 Å². The van der Waals surface area contributed by atoms with E-state index in [4.69, 9.17) is 0 Å². The summed E-state index contributed by atoms with van der Waals surface area (Å²) in [6.07, 6.45) is -4.84. The SMILES string of the molecule is O=C(Nc1cc(=O)[nH]c2nc(C(F)(F)F)nn12)c1ccc([N+](=O)[O-])cc1. The summed E-state index contributed by atoms with van der Waals surface area (Å²) < 4.78 is 38.8. The van der Waals surface area contributed by atoms with E-state index in [0.29, 0.717) is 4.52 Å². The molecule has 0 radical (unpaired) electrons. The molecule has 0 saturated carbocycles. The molecule has 2 N–H and O–H groups in total. The number of hydrogen-bond acceptors (Lipinski definition) is 6. The first-order chi connectivity index (χ1) is 12.1. The van der Waals surface area contributed by atoms with Crippen molar-refractivity contribution in [2.45, 2.75) is 6.18 Å². The molecule has 2 heterocycles. The van der Waals surface area contributed by atoms with Crippen LogP contribution in [0.3, 0.4) is 0 Å². The number of anilines is 1. The van der Waals surface area contributed by atoms with Crippen LogP contribution in [0.4, 0.5) is 24.7 Å². The van der Waals surface area contributed by atoms with Crippen LogP contribution in [0.1, 0.15) is 16.2 Å². The van der Waals surface area contributed by atoms with Crippen molar-refractivity contribution in [3.05, 3.63) is 62.2 Å². The maximum atomic E-state index is 12.7. The van der Waals surface area contributed by atoms with Gasteiger partial charge < -0.3 is 5.32 Å². The van der Waals surface area contributed by atoms with Crippen molar-refractivity contribution < 1.29 is 22.9 Å². The number of carbonyl (C=O) groups excluding carboxylic acids is 1. The van der Waals surface area contributed by atoms with Gasteiger partial charge in [-0.05, 0) is 12.1 Å². The molecule has 3 rings (SSSR count). The molecule has 0 unspecified atom stereocenters. The predicted octanol–water partition coefficient (Wildman–Crippen LogP) is 1.60. The number of nitrogens with zero attached hydrogens (tertiary/aromatic N) is 4. The Bertz CT molecular complexity index is 1070. The zero-order valence-corrected chi connectivity index (χ0v) is 12.4. The number of amides is 1. The van der Waals surface area contributed by atoms with Crippen LogP contribution in [0, 0.1) is 10.1 Å². The maximum absolute atomic E-state index is 12.7. The molecule has 1 aromatic carbocycles.